The molecular weight excluding hydrogens is 292 g/mol. The molecule has 2 atom stereocenters. The van der Waals surface area contributed by atoms with Crippen LogP contribution in [0, 0.1) is 5.92 Å². The average Bonchev–Trinajstić information content (AvgIpc) is 2.55. The zero-order valence-corrected chi connectivity index (χ0v) is 13.3. The van der Waals surface area contributed by atoms with Crippen LogP contribution in [0.1, 0.15) is 36.0 Å². The molecule has 5 nitrogen and oxygen atoms in total. The number of aromatic amines is 1. The fraction of sp³-hybridized carbons (Fsp3) is 0.444. The van der Waals surface area contributed by atoms with Gasteiger partial charge in [0.15, 0.2) is 0 Å². The van der Waals surface area contributed by atoms with Gasteiger partial charge in [0.2, 0.25) is 5.56 Å². The summed E-state index contributed by atoms with van der Waals surface area (Å²) in [6, 6.07) is 8.66. The molecule has 0 spiro atoms. The number of amides is 1. The fourth-order valence-corrected chi connectivity index (χ4v) is 3.42. The first-order valence-electron chi connectivity index (χ1n) is 8.12. The largest absolute Gasteiger partial charge is 0.393 e. The SMILES string of the molecule is CN(CC1CCCCC1O)C(=O)c1cc(=O)[nH]c2ccccc12. The summed E-state index contributed by atoms with van der Waals surface area (Å²) in [5.41, 5.74) is 0.796. The predicted molar refractivity (Wildman–Crippen MR) is 89.5 cm³/mol. The summed E-state index contributed by atoms with van der Waals surface area (Å²) in [5.74, 6) is -0.0592. The Morgan fingerprint density at radius 1 is 1.30 bits per heavy atom. The molecular formula is C18H22N2O3. The zero-order valence-electron chi connectivity index (χ0n) is 13.3. The summed E-state index contributed by atoms with van der Waals surface area (Å²) in [5, 5.41) is 10.8. The molecule has 0 radical (unpaired) electrons. The number of para-hydroxylation sites is 1. The summed E-state index contributed by atoms with van der Waals surface area (Å²) < 4.78 is 0. The number of pyridine rings is 1. The number of nitrogens with one attached hydrogen (secondary N) is 1. The van der Waals surface area contributed by atoms with Crippen molar-refractivity contribution in [2.24, 2.45) is 5.92 Å². The quantitative estimate of drug-likeness (QED) is 0.911. The van der Waals surface area contributed by atoms with E-state index in [1.807, 2.05) is 18.2 Å². The van der Waals surface area contributed by atoms with E-state index in [4.69, 9.17) is 0 Å². The van der Waals surface area contributed by atoms with Crippen molar-refractivity contribution in [2.75, 3.05) is 13.6 Å². The summed E-state index contributed by atoms with van der Waals surface area (Å²) >= 11 is 0. The number of aliphatic hydroxyl groups excluding tert-OH is 1. The molecule has 2 N–H and O–H groups in total. The van der Waals surface area contributed by atoms with Crippen molar-refractivity contribution in [1.29, 1.82) is 0 Å². The van der Waals surface area contributed by atoms with Crippen molar-refractivity contribution in [3.8, 4) is 0 Å². The van der Waals surface area contributed by atoms with Crippen molar-refractivity contribution in [1.82, 2.24) is 9.88 Å². The van der Waals surface area contributed by atoms with E-state index >= 15 is 0 Å². The molecule has 3 rings (SSSR count). The standard InChI is InChI=1S/C18H22N2O3/c1-20(11-12-6-2-5-9-16(12)21)18(23)14-10-17(22)19-15-8-4-3-7-13(14)15/h3-4,7-8,10,12,16,21H,2,5-6,9,11H2,1H3,(H,19,22). The van der Waals surface area contributed by atoms with Gasteiger partial charge in [0.25, 0.3) is 5.91 Å². The lowest BCUT2D eigenvalue weighted by molar-refractivity contribution is 0.0452. The Kier molecular flexibility index (Phi) is 4.48. The third-order valence-corrected chi connectivity index (χ3v) is 4.70. The number of aliphatic hydroxyl groups is 1. The lowest BCUT2D eigenvalue weighted by Crippen LogP contribution is -2.38. The third-order valence-electron chi connectivity index (χ3n) is 4.70. The van der Waals surface area contributed by atoms with Crippen molar-refractivity contribution < 1.29 is 9.90 Å². The number of carbonyl (C=O) groups excluding carboxylic acids is 1. The molecule has 5 heteroatoms. The Morgan fingerprint density at radius 2 is 2.04 bits per heavy atom. The Labute approximate surface area is 134 Å². The van der Waals surface area contributed by atoms with Gasteiger partial charge in [-0.3, -0.25) is 9.59 Å². The van der Waals surface area contributed by atoms with E-state index in [0.717, 1.165) is 31.1 Å². The van der Waals surface area contributed by atoms with E-state index in [1.165, 1.54) is 6.07 Å². The minimum atomic E-state index is -0.338. The van der Waals surface area contributed by atoms with Crippen LogP contribution in [0.4, 0.5) is 0 Å². The maximum atomic E-state index is 12.8. The molecule has 2 aromatic rings. The lowest BCUT2D eigenvalue weighted by atomic mass is 9.86. The number of aromatic nitrogens is 1. The van der Waals surface area contributed by atoms with Gasteiger partial charge in [0.1, 0.15) is 0 Å². The van der Waals surface area contributed by atoms with Gasteiger partial charge in [0, 0.05) is 36.5 Å². The highest BCUT2D eigenvalue weighted by molar-refractivity contribution is 6.05. The maximum Gasteiger partial charge on any atom is 0.254 e. The molecule has 0 bridgehead atoms. The van der Waals surface area contributed by atoms with Gasteiger partial charge in [-0.25, -0.2) is 0 Å². The number of hydrogen-bond donors (Lipinski definition) is 2. The molecule has 1 amide bonds. The van der Waals surface area contributed by atoms with Crippen LogP contribution in [0.5, 0.6) is 0 Å². The number of H-pyrrole nitrogens is 1. The molecule has 1 aliphatic carbocycles. The number of rotatable bonds is 3. The van der Waals surface area contributed by atoms with E-state index in [2.05, 4.69) is 4.98 Å². The van der Waals surface area contributed by atoms with Crippen LogP contribution in [0.2, 0.25) is 0 Å². The highest BCUT2D eigenvalue weighted by Crippen LogP contribution is 2.25. The van der Waals surface area contributed by atoms with Gasteiger partial charge in [-0.2, -0.15) is 0 Å². The molecule has 0 aliphatic heterocycles. The van der Waals surface area contributed by atoms with Crippen LogP contribution in [0.3, 0.4) is 0 Å². The number of hydrogen-bond acceptors (Lipinski definition) is 3. The maximum absolute atomic E-state index is 12.8. The highest BCUT2D eigenvalue weighted by atomic mass is 16.3. The number of fused-ring (bicyclic) bond motifs is 1. The van der Waals surface area contributed by atoms with E-state index in [0.29, 0.717) is 17.6 Å². The van der Waals surface area contributed by atoms with Crippen molar-refractivity contribution in [3.63, 3.8) is 0 Å². The molecule has 1 heterocycles. The second-order valence-corrected chi connectivity index (χ2v) is 6.39. The van der Waals surface area contributed by atoms with Crippen LogP contribution in [-0.4, -0.2) is 40.6 Å². The van der Waals surface area contributed by atoms with Gasteiger partial charge in [-0.05, 0) is 18.9 Å². The van der Waals surface area contributed by atoms with Crippen LogP contribution in [0.25, 0.3) is 10.9 Å². The first-order valence-corrected chi connectivity index (χ1v) is 8.12. The van der Waals surface area contributed by atoms with Crippen molar-refractivity contribution in [3.05, 3.63) is 46.2 Å². The number of carbonyl (C=O) groups is 1. The van der Waals surface area contributed by atoms with Gasteiger partial charge < -0.3 is 15.0 Å². The molecule has 1 aromatic heterocycles. The minimum Gasteiger partial charge on any atom is -0.393 e. The normalized spacial score (nSPS) is 21.3. The molecule has 23 heavy (non-hydrogen) atoms. The Morgan fingerprint density at radius 3 is 2.83 bits per heavy atom. The fourth-order valence-electron chi connectivity index (χ4n) is 3.42. The summed E-state index contributed by atoms with van der Waals surface area (Å²) in [6.07, 6.45) is 3.55. The zero-order chi connectivity index (χ0) is 16.4. The van der Waals surface area contributed by atoms with E-state index in [9.17, 15) is 14.7 Å². The topological polar surface area (TPSA) is 73.4 Å². The lowest BCUT2D eigenvalue weighted by Gasteiger charge is -2.31. The second-order valence-electron chi connectivity index (χ2n) is 6.39. The highest BCUT2D eigenvalue weighted by Gasteiger charge is 2.26. The summed E-state index contributed by atoms with van der Waals surface area (Å²) in [7, 11) is 1.74. The summed E-state index contributed by atoms with van der Waals surface area (Å²) in [4.78, 5) is 29.0. The van der Waals surface area contributed by atoms with E-state index < -0.39 is 0 Å². The van der Waals surface area contributed by atoms with Gasteiger partial charge in [-0.15, -0.1) is 0 Å². The van der Waals surface area contributed by atoms with E-state index in [1.54, 1.807) is 18.0 Å². The molecule has 0 saturated heterocycles. The van der Waals surface area contributed by atoms with Crippen molar-refractivity contribution >= 4 is 16.8 Å². The van der Waals surface area contributed by atoms with Crippen LogP contribution >= 0.6 is 0 Å². The Balaban J connectivity index is 1.86. The van der Waals surface area contributed by atoms with Gasteiger partial charge in [0.05, 0.1) is 11.7 Å². The van der Waals surface area contributed by atoms with Gasteiger partial charge >= 0.3 is 0 Å². The average molecular weight is 314 g/mol. The first kappa shape index (κ1) is 15.7. The molecule has 1 saturated carbocycles. The monoisotopic (exact) mass is 314 g/mol. The summed E-state index contributed by atoms with van der Waals surface area (Å²) in [6.45, 7) is 0.515. The predicted octanol–water partition coefficient (Wildman–Crippen LogP) is 2.15. The Bertz CT molecular complexity index is 768. The minimum absolute atomic E-state index is 0.117. The third kappa shape index (κ3) is 3.29. The Hall–Kier alpha value is -2.14. The van der Waals surface area contributed by atoms with E-state index in [-0.39, 0.29) is 23.5 Å². The van der Waals surface area contributed by atoms with Crippen LogP contribution in [-0.2, 0) is 0 Å². The van der Waals surface area contributed by atoms with Crippen LogP contribution < -0.4 is 5.56 Å². The number of benzene rings is 1. The molecule has 2 unspecified atom stereocenters. The smallest absolute Gasteiger partial charge is 0.254 e. The molecule has 1 aliphatic rings. The molecule has 1 fully saturated rings. The first-order chi connectivity index (χ1) is 11.1. The van der Waals surface area contributed by atoms with Crippen LogP contribution in [0.15, 0.2) is 35.1 Å². The number of nitrogens with zero attached hydrogens (tertiary/aromatic N) is 1. The second kappa shape index (κ2) is 6.54. The van der Waals surface area contributed by atoms with Gasteiger partial charge in [-0.1, -0.05) is 31.0 Å². The molecule has 122 valence electrons. The molecule has 1 aromatic carbocycles. The van der Waals surface area contributed by atoms with Crippen molar-refractivity contribution in [2.45, 2.75) is 31.8 Å².